The monoisotopic (exact) mass is 307 g/mol. The molecule has 0 atom stereocenters. The topological polar surface area (TPSA) is 56.0 Å². The normalized spacial score (nSPS) is 11.0. The number of hydrogen-bond acceptors (Lipinski definition) is 4. The lowest BCUT2D eigenvalue weighted by atomic mass is 10.1. The second-order valence-electron chi connectivity index (χ2n) is 4.70. The zero-order chi connectivity index (χ0) is 14.9. The lowest BCUT2D eigenvalue weighted by Gasteiger charge is -2.05. The van der Waals surface area contributed by atoms with Crippen LogP contribution in [0.4, 0.5) is 0 Å². The van der Waals surface area contributed by atoms with E-state index in [2.05, 4.69) is 20.1 Å². The summed E-state index contributed by atoms with van der Waals surface area (Å²) in [6.07, 6.45) is 5.15. The molecule has 0 aliphatic heterocycles. The van der Waals surface area contributed by atoms with E-state index in [1.165, 1.54) is 0 Å². The van der Waals surface area contributed by atoms with Crippen molar-refractivity contribution in [3.63, 3.8) is 0 Å². The van der Waals surface area contributed by atoms with Gasteiger partial charge < -0.3 is 0 Å². The van der Waals surface area contributed by atoms with Crippen LogP contribution in [-0.4, -0.2) is 24.6 Å². The van der Waals surface area contributed by atoms with Gasteiger partial charge in [0.25, 0.3) is 5.78 Å². The maximum Gasteiger partial charge on any atom is 0.253 e. The molecule has 0 bridgehead atoms. The highest BCUT2D eigenvalue weighted by molar-refractivity contribution is 6.33. The third-order valence-corrected chi connectivity index (χ3v) is 3.64. The van der Waals surface area contributed by atoms with E-state index in [9.17, 15) is 0 Å². The molecule has 1 aromatic carbocycles. The van der Waals surface area contributed by atoms with Crippen molar-refractivity contribution in [3.8, 4) is 22.6 Å². The van der Waals surface area contributed by atoms with Crippen molar-refractivity contribution in [2.24, 2.45) is 0 Å². The number of benzene rings is 1. The summed E-state index contributed by atoms with van der Waals surface area (Å²) in [6, 6.07) is 13.3. The average Bonchev–Trinajstić information content (AvgIpc) is 3.00. The van der Waals surface area contributed by atoms with Crippen LogP contribution in [0.15, 0.2) is 61.1 Å². The van der Waals surface area contributed by atoms with Crippen LogP contribution < -0.4 is 0 Å². The van der Waals surface area contributed by atoms with Gasteiger partial charge in [-0.2, -0.15) is 9.50 Å². The minimum Gasteiger partial charge on any atom is -0.264 e. The van der Waals surface area contributed by atoms with E-state index in [1.807, 2.05) is 42.5 Å². The van der Waals surface area contributed by atoms with Crippen LogP contribution in [0, 0.1) is 0 Å². The standard InChI is InChI=1S/C16H10ClN5/c17-13-6-2-1-5-12(13)14-7-9-19-16-20-15(21-22(14)16)11-4-3-8-18-10-11/h1-10H. The minimum atomic E-state index is 0.524. The largest absolute Gasteiger partial charge is 0.264 e. The first-order valence-corrected chi connectivity index (χ1v) is 7.08. The van der Waals surface area contributed by atoms with Crippen LogP contribution in [0.3, 0.4) is 0 Å². The van der Waals surface area contributed by atoms with Gasteiger partial charge in [-0.3, -0.25) is 4.98 Å². The predicted molar refractivity (Wildman–Crippen MR) is 84.5 cm³/mol. The van der Waals surface area contributed by atoms with E-state index in [0.717, 1.165) is 16.8 Å². The molecule has 3 heterocycles. The smallest absolute Gasteiger partial charge is 0.253 e. The quantitative estimate of drug-likeness (QED) is 0.568. The Morgan fingerprint density at radius 3 is 2.68 bits per heavy atom. The Morgan fingerprint density at radius 2 is 1.86 bits per heavy atom. The van der Waals surface area contributed by atoms with E-state index in [1.54, 1.807) is 23.1 Å². The van der Waals surface area contributed by atoms with Crippen LogP contribution in [0.1, 0.15) is 0 Å². The number of fused-ring (bicyclic) bond motifs is 1. The second kappa shape index (κ2) is 5.20. The van der Waals surface area contributed by atoms with Crippen molar-refractivity contribution in [1.29, 1.82) is 0 Å². The fraction of sp³-hybridized carbons (Fsp3) is 0. The Kier molecular flexibility index (Phi) is 3.05. The molecule has 0 aliphatic rings. The molecule has 22 heavy (non-hydrogen) atoms. The number of hydrogen-bond donors (Lipinski definition) is 0. The molecular formula is C16H10ClN5. The van der Waals surface area contributed by atoms with E-state index in [4.69, 9.17) is 11.6 Å². The summed E-state index contributed by atoms with van der Waals surface area (Å²) in [7, 11) is 0. The number of rotatable bonds is 2. The van der Waals surface area contributed by atoms with Crippen LogP contribution in [0.5, 0.6) is 0 Å². The van der Waals surface area contributed by atoms with E-state index in [0.29, 0.717) is 16.6 Å². The third-order valence-electron chi connectivity index (χ3n) is 3.31. The van der Waals surface area contributed by atoms with Crippen molar-refractivity contribution in [1.82, 2.24) is 24.6 Å². The maximum atomic E-state index is 6.29. The molecule has 0 amide bonds. The highest BCUT2D eigenvalue weighted by Gasteiger charge is 2.12. The molecule has 5 nitrogen and oxygen atoms in total. The molecule has 0 unspecified atom stereocenters. The van der Waals surface area contributed by atoms with Crippen molar-refractivity contribution >= 4 is 17.4 Å². The van der Waals surface area contributed by atoms with Crippen molar-refractivity contribution < 1.29 is 0 Å². The van der Waals surface area contributed by atoms with Gasteiger partial charge in [-0.15, -0.1) is 5.10 Å². The molecule has 106 valence electrons. The van der Waals surface area contributed by atoms with Gasteiger partial charge in [-0.1, -0.05) is 29.8 Å². The van der Waals surface area contributed by atoms with E-state index >= 15 is 0 Å². The summed E-state index contributed by atoms with van der Waals surface area (Å²) in [5.41, 5.74) is 2.58. The molecule has 4 rings (SSSR count). The van der Waals surface area contributed by atoms with Crippen LogP contribution in [-0.2, 0) is 0 Å². The Balaban J connectivity index is 1.95. The van der Waals surface area contributed by atoms with Crippen molar-refractivity contribution in [2.45, 2.75) is 0 Å². The summed E-state index contributed by atoms with van der Waals surface area (Å²) in [5, 5.41) is 5.21. The lowest BCUT2D eigenvalue weighted by Crippen LogP contribution is -1.96. The van der Waals surface area contributed by atoms with Gasteiger partial charge in [-0.25, -0.2) is 4.98 Å². The number of pyridine rings is 1. The van der Waals surface area contributed by atoms with Crippen LogP contribution in [0.25, 0.3) is 28.4 Å². The van der Waals surface area contributed by atoms with Gasteiger partial charge in [-0.05, 0) is 24.3 Å². The lowest BCUT2D eigenvalue weighted by molar-refractivity contribution is 0.951. The van der Waals surface area contributed by atoms with Crippen LogP contribution >= 0.6 is 11.6 Å². The average molecular weight is 308 g/mol. The summed E-state index contributed by atoms with van der Waals surface area (Å²) < 4.78 is 1.70. The van der Waals surface area contributed by atoms with Gasteiger partial charge in [0.2, 0.25) is 0 Å². The molecule has 0 saturated carbocycles. The molecule has 0 fully saturated rings. The van der Waals surface area contributed by atoms with E-state index in [-0.39, 0.29) is 0 Å². The minimum absolute atomic E-state index is 0.524. The number of aromatic nitrogens is 5. The molecule has 0 aliphatic carbocycles. The summed E-state index contributed by atoms with van der Waals surface area (Å²) >= 11 is 6.29. The maximum absolute atomic E-state index is 6.29. The third kappa shape index (κ3) is 2.12. The first-order chi connectivity index (χ1) is 10.8. The highest BCUT2D eigenvalue weighted by atomic mass is 35.5. The first kappa shape index (κ1) is 12.9. The summed E-state index contributed by atoms with van der Waals surface area (Å²) in [5.74, 6) is 1.11. The highest BCUT2D eigenvalue weighted by Crippen LogP contribution is 2.27. The molecule has 0 radical (unpaired) electrons. The molecule has 6 heteroatoms. The van der Waals surface area contributed by atoms with Crippen LogP contribution in [0.2, 0.25) is 5.02 Å². The number of nitrogens with zero attached hydrogens (tertiary/aromatic N) is 5. The van der Waals surface area contributed by atoms with Gasteiger partial charge in [0.05, 0.1) is 5.69 Å². The van der Waals surface area contributed by atoms with Gasteiger partial charge in [0, 0.05) is 34.7 Å². The Morgan fingerprint density at radius 1 is 0.955 bits per heavy atom. The molecule has 3 aromatic heterocycles. The van der Waals surface area contributed by atoms with Gasteiger partial charge >= 0.3 is 0 Å². The van der Waals surface area contributed by atoms with Gasteiger partial charge in [0.1, 0.15) is 0 Å². The molecule has 0 N–H and O–H groups in total. The zero-order valence-corrected chi connectivity index (χ0v) is 12.1. The fourth-order valence-corrected chi connectivity index (χ4v) is 2.52. The van der Waals surface area contributed by atoms with Gasteiger partial charge in [0.15, 0.2) is 5.82 Å². The Labute approximate surface area is 131 Å². The Bertz CT molecular complexity index is 949. The molecule has 0 spiro atoms. The molecular weight excluding hydrogens is 298 g/mol. The molecule has 0 saturated heterocycles. The predicted octanol–water partition coefficient (Wildman–Crippen LogP) is 3.51. The van der Waals surface area contributed by atoms with E-state index < -0.39 is 0 Å². The summed E-state index contributed by atoms with van der Waals surface area (Å²) in [4.78, 5) is 12.8. The summed E-state index contributed by atoms with van der Waals surface area (Å²) in [6.45, 7) is 0. The number of halogens is 1. The van der Waals surface area contributed by atoms with Crippen molar-refractivity contribution in [3.05, 3.63) is 66.1 Å². The SMILES string of the molecule is Clc1ccccc1-c1ccnc2nc(-c3cccnc3)nn12. The first-order valence-electron chi connectivity index (χ1n) is 6.70. The second-order valence-corrected chi connectivity index (χ2v) is 5.11. The zero-order valence-electron chi connectivity index (χ0n) is 11.4. The van der Waals surface area contributed by atoms with Crippen molar-refractivity contribution in [2.75, 3.05) is 0 Å². The fourth-order valence-electron chi connectivity index (χ4n) is 2.28. The molecule has 4 aromatic rings. The Hall–Kier alpha value is -2.79.